The van der Waals surface area contributed by atoms with E-state index in [4.69, 9.17) is 11.6 Å². The van der Waals surface area contributed by atoms with E-state index in [1.54, 1.807) is 24.3 Å². The third-order valence-electron chi connectivity index (χ3n) is 4.67. The number of benzene rings is 2. The Morgan fingerprint density at radius 1 is 1.07 bits per heavy atom. The maximum atomic E-state index is 12.7. The molecule has 1 fully saturated rings. The Morgan fingerprint density at radius 2 is 1.74 bits per heavy atom. The van der Waals surface area contributed by atoms with Gasteiger partial charge in [0.25, 0.3) is 5.91 Å². The Morgan fingerprint density at radius 3 is 2.41 bits per heavy atom. The largest absolute Gasteiger partial charge is 0.573 e. The van der Waals surface area contributed by atoms with E-state index in [9.17, 15) is 13.2 Å². The molecule has 0 bridgehead atoms. The van der Waals surface area contributed by atoms with Gasteiger partial charge in [-0.15, -0.1) is 5.69 Å². The molecule has 1 N–H and O–H groups in total. The van der Waals surface area contributed by atoms with Gasteiger partial charge in [0, 0.05) is 11.6 Å². The lowest BCUT2D eigenvalue weighted by Gasteiger charge is -2.24. The summed E-state index contributed by atoms with van der Waals surface area (Å²) in [5, 5.41) is 3.02. The van der Waals surface area contributed by atoms with Gasteiger partial charge in [-0.25, -0.2) is 8.42 Å². The Balaban J connectivity index is 1.81. The lowest BCUT2D eigenvalue weighted by Crippen LogP contribution is -2.36. The first kappa shape index (κ1) is 19.7. The van der Waals surface area contributed by atoms with Gasteiger partial charge in [-0.1, -0.05) is 60.7 Å². The summed E-state index contributed by atoms with van der Waals surface area (Å²) in [6.07, 6.45) is 5.29. The lowest BCUT2D eigenvalue weighted by atomic mass is 9.95. The van der Waals surface area contributed by atoms with Crippen LogP contribution < -0.4 is 5.32 Å². The molecule has 0 saturated heterocycles. The van der Waals surface area contributed by atoms with Crippen molar-refractivity contribution in [2.75, 3.05) is 0 Å². The van der Waals surface area contributed by atoms with E-state index in [0.717, 1.165) is 31.2 Å². The number of hydrogen-bond donors (Lipinski definition) is 1. The number of nitrogens with one attached hydrogen (secondary N) is 1. The van der Waals surface area contributed by atoms with E-state index in [-0.39, 0.29) is 27.4 Å². The van der Waals surface area contributed by atoms with Crippen molar-refractivity contribution < 1.29 is 13.2 Å². The Bertz CT molecular complexity index is 921. The first-order chi connectivity index (χ1) is 12.8. The van der Waals surface area contributed by atoms with Gasteiger partial charge in [0.1, 0.15) is 10.0 Å². The number of carbonyl (C=O) groups is 1. The summed E-state index contributed by atoms with van der Waals surface area (Å²) >= 11 is 6.10. The molecule has 27 heavy (non-hydrogen) atoms. The molecule has 7 heteroatoms. The number of amides is 1. The fourth-order valence-corrected chi connectivity index (χ4v) is 4.65. The predicted octanol–water partition coefficient (Wildman–Crippen LogP) is 5.11. The van der Waals surface area contributed by atoms with E-state index in [0.29, 0.717) is 5.69 Å². The number of aryl methyl sites for hydroxylation is 1. The molecular weight excluding hydrogens is 384 g/mol. The van der Waals surface area contributed by atoms with Gasteiger partial charge < -0.3 is 10.0 Å². The summed E-state index contributed by atoms with van der Waals surface area (Å²) in [6, 6.07) is 11.2. The third kappa shape index (κ3) is 5.02. The highest BCUT2D eigenvalue weighted by Gasteiger charge is 2.19. The summed E-state index contributed by atoms with van der Waals surface area (Å²) in [7, 11) is -4.03. The second-order valence-corrected chi connectivity index (χ2v) is 8.84. The number of carbonyl (C=O) groups excluding carboxylic acids is 1. The van der Waals surface area contributed by atoms with E-state index in [2.05, 4.69) is 10.0 Å². The molecule has 5 nitrogen and oxygen atoms in total. The number of halogens is 1. The van der Waals surface area contributed by atoms with Crippen LogP contribution in [0.3, 0.4) is 0 Å². The fourth-order valence-electron chi connectivity index (χ4n) is 3.15. The van der Waals surface area contributed by atoms with Gasteiger partial charge >= 0.3 is 0 Å². The summed E-state index contributed by atoms with van der Waals surface area (Å²) in [5.74, 6) is -0.287. The van der Waals surface area contributed by atoms with Crippen molar-refractivity contribution in [3.8, 4) is 0 Å². The van der Waals surface area contributed by atoms with Crippen LogP contribution in [0.5, 0.6) is 0 Å². The second kappa shape index (κ2) is 8.31. The minimum Gasteiger partial charge on any atom is -0.573 e. The van der Waals surface area contributed by atoms with Crippen LogP contribution in [0.1, 0.15) is 48.0 Å². The minimum absolute atomic E-state index is 0.0417. The van der Waals surface area contributed by atoms with Crippen molar-refractivity contribution >= 4 is 33.2 Å². The Labute approximate surface area is 165 Å². The molecule has 1 aliphatic carbocycles. The zero-order chi connectivity index (χ0) is 19.4. The lowest BCUT2D eigenvalue weighted by molar-refractivity contribution is 0.0927. The summed E-state index contributed by atoms with van der Waals surface area (Å²) in [5.41, 5.74) is 1.59. The normalized spacial score (nSPS) is 15.3. The summed E-state index contributed by atoms with van der Waals surface area (Å²) < 4.78 is 29.2. The molecule has 0 atom stereocenters. The number of nitrogens with zero attached hydrogens (tertiary/aromatic N) is 1. The standard InChI is InChI=1S/C20H22ClN2O3S/c1-14-7-10-17(11-8-14)23-27(25,26)19-13-15(9-12-18(19)21)20(24)22-16-5-3-2-4-6-16/h7-13,16H,2-6H2,1H3,(H,22,24)/q-1. The number of sulfonamides is 1. The van der Waals surface area contributed by atoms with Crippen LogP contribution in [0.2, 0.25) is 5.02 Å². The van der Waals surface area contributed by atoms with Crippen LogP contribution in [0.25, 0.3) is 4.72 Å². The maximum Gasteiger partial charge on any atom is 0.251 e. The molecule has 0 aromatic heterocycles. The Kier molecular flexibility index (Phi) is 6.07. The van der Waals surface area contributed by atoms with Crippen molar-refractivity contribution in [1.29, 1.82) is 0 Å². The molecule has 1 aliphatic rings. The van der Waals surface area contributed by atoms with Gasteiger partial charge in [-0.2, -0.15) is 0 Å². The van der Waals surface area contributed by atoms with Gasteiger partial charge in [0.2, 0.25) is 0 Å². The van der Waals surface area contributed by atoms with Crippen LogP contribution in [0, 0.1) is 6.92 Å². The third-order valence-corrected chi connectivity index (χ3v) is 6.46. The highest BCUT2D eigenvalue weighted by molar-refractivity contribution is 7.94. The maximum absolute atomic E-state index is 12.7. The van der Waals surface area contributed by atoms with Gasteiger partial charge in [-0.3, -0.25) is 4.79 Å². The SMILES string of the molecule is Cc1ccc([N-]S(=O)(=O)c2cc(C(=O)NC3CCCCC3)ccc2Cl)cc1. The van der Waals surface area contributed by atoms with Crippen molar-refractivity contribution in [3.63, 3.8) is 0 Å². The molecule has 0 heterocycles. The van der Waals surface area contributed by atoms with Crippen LogP contribution in [-0.4, -0.2) is 20.4 Å². The van der Waals surface area contributed by atoms with Crippen molar-refractivity contribution in [3.05, 3.63) is 63.3 Å². The summed E-state index contributed by atoms with van der Waals surface area (Å²) in [6.45, 7) is 1.91. The van der Waals surface area contributed by atoms with Crippen LogP contribution >= 0.6 is 11.6 Å². The molecule has 0 unspecified atom stereocenters. The van der Waals surface area contributed by atoms with Gasteiger partial charge in [-0.05, 0) is 38.0 Å². The van der Waals surface area contributed by atoms with E-state index >= 15 is 0 Å². The molecule has 3 rings (SSSR count). The zero-order valence-corrected chi connectivity index (χ0v) is 16.7. The fraction of sp³-hybridized carbons (Fsp3) is 0.350. The van der Waals surface area contributed by atoms with E-state index in [1.807, 2.05) is 6.92 Å². The molecule has 1 amide bonds. The highest BCUT2D eigenvalue weighted by Crippen LogP contribution is 2.32. The molecule has 0 spiro atoms. The van der Waals surface area contributed by atoms with Gasteiger partial charge in [0.05, 0.1) is 9.92 Å². The average molecular weight is 406 g/mol. The molecule has 1 saturated carbocycles. The van der Waals surface area contributed by atoms with Crippen LogP contribution in [0.15, 0.2) is 47.4 Å². The first-order valence-electron chi connectivity index (χ1n) is 9.00. The first-order valence-corrected chi connectivity index (χ1v) is 10.8. The number of rotatable bonds is 5. The molecular formula is C20H22ClN2O3S-. The molecule has 0 radical (unpaired) electrons. The molecule has 144 valence electrons. The Hall–Kier alpha value is -2.05. The number of hydrogen-bond acceptors (Lipinski definition) is 3. The monoisotopic (exact) mass is 405 g/mol. The van der Waals surface area contributed by atoms with E-state index < -0.39 is 10.0 Å². The molecule has 2 aromatic carbocycles. The van der Waals surface area contributed by atoms with E-state index in [1.165, 1.54) is 24.6 Å². The van der Waals surface area contributed by atoms with Crippen molar-refractivity contribution in [1.82, 2.24) is 5.32 Å². The molecule has 2 aromatic rings. The van der Waals surface area contributed by atoms with Gasteiger partial charge in [0.15, 0.2) is 0 Å². The van der Waals surface area contributed by atoms with Crippen molar-refractivity contribution in [2.24, 2.45) is 0 Å². The highest BCUT2D eigenvalue weighted by atomic mass is 35.5. The summed E-state index contributed by atoms with van der Waals surface area (Å²) in [4.78, 5) is 12.4. The topological polar surface area (TPSA) is 77.3 Å². The second-order valence-electron chi connectivity index (χ2n) is 6.86. The van der Waals surface area contributed by atoms with Crippen LogP contribution in [-0.2, 0) is 10.0 Å². The smallest absolute Gasteiger partial charge is 0.251 e. The molecule has 0 aliphatic heterocycles. The zero-order valence-electron chi connectivity index (χ0n) is 15.1. The predicted molar refractivity (Wildman–Crippen MR) is 107 cm³/mol. The quantitative estimate of drug-likeness (QED) is 0.751. The average Bonchev–Trinajstić information content (AvgIpc) is 2.64. The van der Waals surface area contributed by atoms with Crippen molar-refractivity contribution in [2.45, 2.75) is 50.0 Å². The van der Waals surface area contributed by atoms with Crippen LogP contribution in [0.4, 0.5) is 5.69 Å². The minimum atomic E-state index is -4.03.